The Morgan fingerprint density at radius 1 is 1.11 bits per heavy atom. The van der Waals surface area contributed by atoms with Crippen molar-refractivity contribution in [2.24, 2.45) is 0 Å². The lowest BCUT2D eigenvalue weighted by atomic mass is 10.2. The van der Waals surface area contributed by atoms with Crippen molar-refractivity contribution in [2.75, 3.05) is 0 Å². The molecule has 5 nitrogen and oxygen atoms in total. The summed E-state index contributed by atoms with van der Waals surface area (Å²) in [7, 11) is 0. The predicted molar refractivity (Wildman–Crippen MR) is 71.9 cm³/mol. The number of hydrogen-bond donors (Lipinski definition) is 0. The van der Waals surface area contributed by atoms with Crippen molar-refractivity contribution in [3.05, 3.63) is 54.4 Å². The van der Waals surface area contributed by atoms with Gasteiger partial charge in [-0.05, 0) is 17.3 Å². The van der Waals surface area contributed by atoms with Crippen molar-refractivity contribution in [2.45, 2.75) is 5.88 Å². The van der Waals surface area contributed by atoms with E-state index in [2.05, 4.69) is 20.4 Å². The van der Waals surface area contributed by atoms with E-state index in [0.717, 1.165) is 16.9 Å². The Kier molecular flexibility index (Phi) is 3.20. The molecule has 6 heteroatoms. The van der Waals surface area contributed by atoms with Crippen LogP contribution in [-0.2, 0) is 5.88 Å². The zero-order chi connectivity index (χ0) is 13.1. The van der Waals surface area contributed by atoms with E-state index in [1.807, 2.05) is 42.5 Å². The molecule has 1 aromatic carbocycles. The van der Waals surface area contributed by atoms with Gasteiger partial charge in [-0.2, -0.15) is 0 Å². The lowest BCUT2D eigenvalue weighted by Crippen LogP contribution is -2.00. The third kappa shape index (κ3) is 2.46. The minimum Gasteiger partial charge on any atom is -0.260 e. The first-order valence-corrected chi connectivity index (χ1v) is 6.27. The molecule has 94 valence electrons. The quantitative estimate of drug-likeness (QED) is 0.687. The second kappa shape index (κ2) is 5.16. The van der Waals surface area contributed by atoms with Crippen molar-refractivity contribution in [1.82, 2.24) is 25.2 Å². The molecule has 0 atom stereocenters. The molecule has 0 bridgehead atoms. The van der Waals surface area contributed by atoms with Crippen LogP contribution in [0.1, 0.15) is 5.69 Å². The highest BCUT2D eigenvalue weighted by Gasteiger charge is 2.07. The van der Waals surface area contributed by atoms with E-state index in [1.165, 1.54) is 4.80 Å². The fourth-order valence-electron chi connectivity index (χ4n) is 1.69. The van der Waals surface area contributed by atoms with Crippen molar-refractivity contribution in [1.29, 1.82) is 0 Å². The Hall–Kier alpha value is -2.27. The molecule has 0 unspecified atom stereocenters. The number of benzene rings is 1. The SMILES string of the molecule is ClCc1cc(-n2nnc(-c3ccccc3)n2)ccn1. The molecule has 0 saturated heterocycles. The summed E-state index contributed by atoms with van der Waals surface area (Å²) in [5.41, 5.74) is 2.50. The maximum absolute atomic E-state index is 5.76. The largest absolute Gasteiger partial charge is 0.260 e. The maximum atomic E-state index is 5.76. The first-order valence-electron chi connectivity index (χ1n) is 5.73. The number of pyridine rings is 1. The van der Waals surface area contributed by atoms with E-state index in [0.29, 0.717) is 11.7 Å². The summed E-state index contributed by atoms with van der Waals surface area (Å²) >= 11 is 5.76. The third-order valence-electron chi connectivity index (χ3n) is 2.61. The molecular weight excluding hydrogens is 262 g/mol. The summed E-state index contributed by atoms with van der Waals surface area (Å²) in [6, 6.07) is 13.4. The number of hydrogen-bond acceptors (Lipinski definition) is 4. The van der Waals surface area contributed by atoms with Crippen LogP contribution in [0.3, 0.4) is 0 Å². The summed E-state index contributed by atoms with van der Waals surface area (Å²) in [4.78, 5) is 5.60. The van der Waals surface area contributed by atoms with Crippen LogP contribution in [0.25, 0.3) is 17.1 Å². The zero-order valence-corrected chi connectivity index (χ0v) is 10.7. The van der Waals surface area contributed by atoms with Gasteiger partial charge in [0.2, 0.25) is 5.82 Å². The van der Waals surface area contributed by atoms with Gasteiger partial charge in [-0.1, -0.05) is 30.3 Å². The highest BCUT2D eigenvalue weighted by atomic mass is 35.5. The molecule has 2 heterocycles. The second-order valence-electron chi connectivity index (χ2n) is 3.91. The van der Waals surface area contributed by atoms with E-state index >= 15 is 0 Å². The molecule has 0 aliphatic heterocycles. The van der Waals surface area contributed by atoms with Gasteiger partial charge in [-0.15, -0.1) is 26.6 Å². The standard InChI is InChI=1S/C13H10ClN5/c14-9-11-8-12(6-7-15-11)19-17-13(16-18-19)10-4-2-1-3-5-10/h1-8H,9H2. The topological polar surface area (TPSA) is 56.5 Å². The molecule has 0 spiro atoms. The van der Waals surface area contributed by atoms with Gasteiger partial charge in [0.05, 0.1) is 17.3 Å². The number of alkyl halides is 1. The number of rotatable bonds is 3. The molecule has 0 N–H and O–H groups in total. The predicted octanol–water partition coefficient (Wildman–Crippen LogP) is 2.46. The van der Waals surface area contributed by atoms with Gasteiger partial charge in [0.25, 0.3) is 0 Å². The molecule has 3 aromatic rings. The zero-order valence-electron chi connectivity index (χ0n) is 9.94. The highest BCUT2D eigenvalue weighted by molar-refractivity contribution is 6.16. The Morgan fingerprint density at radius 3 is 2.74 bits per heavy atom. The van der Waals surface area contributed by atoms with Crippen molar-refractivity contribution < 1.29 is 0 Å². The van der Waals surface area contributed by atoms with Gasteiger partial charge >= 0.3 is 0 Å². The lowest BCUT2D eigenvalue weighted by Gasteiger charge is -1.99. The van der Waals surface area contributed by atoms with Crippen LogP contribution in [0.4, 0.5) is 0 Å². The molecule has 0 aliphatic carbocycles. The van der Waals surface area contributed by atoms with Crippen LogP contribution >= 0.6 is 11.6 Å². The monoisotopic (exact) mass is 271 g/mol. The smallest absolute Gasteiger partial charge is 0.205 e. The second-order valence-corrected chi connectivity index (χ2v) is 4.17. The first-order chi connectivity index (χ1) is 9.36. The number of tetrazole rings is 1. The first kappa shape index (κ1) is 11.8. The summed E-state index contributed by atoms with van der Waals surface area (Å²) in [5.74, 6) is 0.943. The number of halogens is 1. The lowest BCUT2D eigenvalue weighted by molar-refractivity contribution is 0.717. The van der Waals surface area contributed by atoms with Crippen molar-refractivity contribution in [3.63, 3.8) is 0 Å². The van der Waals surface area contributed by atoms with E-state index in [-0.39, 0.29) is 0 Å². The van der Waals surface area contributed by atoms with Gasteiger partial charge in [-0.25, -0.2) is 0 Å². The molecule has 2 aromatic heterocycles. The minimum atomic E-state index is 0.355. The summed E-state index contributed by atoms with van der Waals surface area (Å²) in [6.07, 6.45) is 1.68. The third-order valence-corrected chi connectivity index (χ3v) is 2.89. The Labute approximate surface area is 114 Å². The molecule has 0 saturated carbocycles. The molecule has 19 heavy (non-hydrogen) atoms. The molecule has 3 rings (SSSR count). The molecule has 0 radical (unpaired) electrons. The van der Waals surface area contributed by atoms with E-state index in [4.69, 9.17) is 11.6 Å². The number of aromatic nitrogens is 5. The van der Waals surface area contributed by atoms with Crippen LogP contribution in [-0.4, -0.2) is 25.2 Å². The van der Waals surface area contributed by atoms with Crippen molar-refractivity contribution >= 4 is 11.6 Å². The van der Waals surface area contributed by atoms with Crippen LogP contribution in [0.2, 0.25) is 0 Å². The minimum absolute atomic E-state index is 0.355. The molecule has 0 fully saturated rings. The summed E-state index contributed by atoms with van der Waals surface area (Å²) < 4.78 is 0. The summed E-state index contributed by atoms with van der Waals surface area (Å²) in [6.45, 7) is 0. The Morgan fingerprint density at radius 2 is 1.95 bits per heavy atom. The Balaban J connectivity index is 1.97. The fourth-order valence-corrected chi connectivity index (χ4v) is 1.84. The normalized spacial score (nSPS) is 10.6. The molecule has 0 amide bonds. The van der Waals surface area contributed by atoms with Crippen LogP contribution in [0.15, 0.2) is 48.7 Å². The van der Waals surface area contributed by atoms with Crippen molar-refractivity contribution in [3.8, 4) is 17.1 Å². The van der Waals surface area contributed by atoms with Crippen LogP contribution in [0.5, 0.6) is 0 Å². The van der Waals surface area contributed by atoms with Crippen LogP contribution in [0, 0.1) is 0 Å². The van der Waals surface area contributed by atoms with E-state index < -0.39 is 0 Å². The molecule has 0 aliphatic rings. The van der Waals surface area contributed by atoms with Crippen LogP contribution < -0.4 is 0 Å². The fraction of sp³-hybridized carbons (Fsp3) is 0.0769. The molecular formula is C13H10ClN5. The van der Waals surface area contributed by atoms with Gasteiger partial charge in [-0.3, -0.25) is 4.98 Å². The summed E-state index contributed by atoms with van der Waals surface area (Å²) in [5, 5.41) is 12.4. The van der Waals surface area contributed by atoms with Gasteiger partial charge in [0.1, 0.15) is 0 Å². The average Bonchev–Trinajstić information content (AvgIpc) is 2.98. The highest BCUT2D eigenvalue weighted by Crippen LogP contribution is 2.14. The Bertz CT molecular complexity index is 680. The van der Waals surface area contributed by atoms with Gasteiger partial charge < -0.3 is 0 Å². The number of nitrogens with zero attached hydrogens (tertiary/aromatic N) is 5. The van der Waals surface area contributed by atoms with E-state index in [9.17, 15) is 0 Å². The van der Waals surface area contributed by atoms with E-state index in [1.54, 1.807) is 6.20 Å². The van der Waals surface area contributed by atoms with Gasteiger partial charge in [0, 0.05) is 11.8 Å². The van der Waals surface area contributed by atoms with Gasteiger partial charge in [0.15, 0.2) is 0 Å². The average molecular weight is 272 g/mol. The maximum Gasteiger partial charge on any atom is 0.205 e.